The van der Waals surface area contributed by atoms with Gasteiger partial charge in [-0.3, -0.25) is 4.79 Å². The minimum Gasteiger partial charge on any atom is -0.493 e. The van der Waals surface area contributed by atoms with E-state index in [1.54, 1.807) is 30.8 Å². The first-order chi connectivity index (χ1) is 12.2. The molecule has 2 heterocycles. The molecule has 150 valence electrons. The van der Waals surface area contributed by atoms with Crippen LogP contribution in [0.4, 0.5) is 0 Å². The average Bonchev–Trinajstić information content (AvgIpc) is 3.13. The lowest BCUT2D eigenvalue weighted by molar-refractivity contribution is 0.0925. The van der Waals surface area contributed by atoms with Gasteiger partial charge in [0.2, 0.25) is 0 Å². The van der Waals surface area contributed by atoms with E-state index in [4.69, 9.17) is 9.47 Å². The van der Waals surface area contributed by atoms with E-state index >= 15 is 0 Å². The van der Waals surface area contributed by atoms with Gasteiger partial charge in [-0.2, -0.15) is 0 Å². The summed E-state index contributed by atoms with van der Waals surface area (Å²) >= 11 is 1.53. The number of ether oxygens (including phenoxy) is 2. The second-order valence-electron chi connectivity index (χ2n) is 6.18. The van der Waals surface area contributed by atoms with E-state index in [0.29, 0.717) is 29.7 Å². The number of halogens is 2. The van der Waals surface area contributed by atoms with E-state index < -0.39 is 0 Å². The number of hydrogen-bond donors (Lipinski definition) is 2. The molecule has 3 rings (SSSR count). The standard InChI is InChI=1S/C18H23N3O3S.2ClH/c1-12-7-14(5-6-19-12)21-18(22)13-3-4-16(17(8-13)23-2)24-9-15-10-25-11-20-15;;/h3-4,8,10-12,14,19H,5-7,9H2,1-2H3,(H,21,22);2*1H. The van der Waals surface area contributed by atoms with Crippen molar-refractivity contribution in [2.24, 2.45) is 0 Å². The van der Waals surface area contributed by atoms with Crippen LogP contribution in [-0.2, 0) is 6.61 Å². The van der Waals surface area contributed by atoms with Gasteiger partial charge >= 0.3 is 0 Å². The number of nitrogens with one attached hydrogen (secondary N) is 2. The van der Waals surface area contributed by atoms with Crippen LogP contribution >= 0.6 is 36.2 Å². The fourth-order valence-corrected chi connectivity index (χ4v) is 3.46. The third kappa shape index (κ3) is 6.53. The van der Waals surface area contributed by atoms with Crippen LogP contribution in [0.25, 0.3) is 0 Å². The van der Waals surface area contributed by atoms with Crippen molar-refractivity contribution in [3.05, 3.63) is 40.3 Å². The Morgan fingerprint density at radius 3 is 2.85 bits per heavy atom. The zero-order chi connectivity index (χ0) is 17.6. The van der Waals surface area contributed by atoms with Crippen molar-refractivity contribution in [3.63, 3.8) is 0 Å². The van der Waals surface area contributed by atoms with Gasteiger partial charge in [-0.25, -0.2) is 4.98 Å². The molecule has 2 atom stereocenters. The first-order valence-corrected chi connectivity index (χ1v) is 9.32. The first-order valence-electron chi connectivity index (χ1n) is 8.38. The molecule has 1 fully saturated rings. The molecule has 0 saturated carbocycles. The Labute approximate surface area is 175 Å². The quantitative estimate of drug-likeness (QED) is 0.729. The largest absolute Gasteiger partial charge is 0.493 e. The summed E-state index contributed by atoms with van der Waals surface area (Å²) in [5.41, 5.74) is 3.21. The van der Waals surface area contributed by atoms with Crippen LogP contribution in [0, 0.1) is 0 Å². The Balaban J connectivity index is 0.00000182. The molecule has 6 nitrogen and oxygen atoms in total. The van der Waals surface area contributed by atoms with Crippen LogP contribution < -0.4 is 20.1 Å². The maximum Gasteiger partial charge on any atom is 0.251 e. The van der Waals surface area contributed by atoms with E-state index in [9.17, 15) is 4.79 Å². The topological polar surface area (TPSA) is 72.5 Å². The lowest BCUT2D eigenvalue weighted by Gasteiger charge is -2.28. The van der Waals surface area contributed by atoms with Gasteiger partial charge in [-0.15, -0.1) is 36.2 Å². The van der Waals surface area contributed by atoms with Crippen LogP contribution in [-0.4, -0.2) is 36.6 Å². The van der Waals surface area contributed by atoms with Crippen LogP contribution in [0.15, 0.2) is 29.1 Å². The number of rotatable bonds is 6. The van der Waals surface area contributed by atoms with E-state index in [1.807, 2.05) is 5.38 Å². The Kier molecular flexibility index (Phi) is 9.87. The number of aromatic nitrogens is 1. The lowest BCUT2D eigenvalue weighted by atomic mass is 10.0. The van der Waals surface area contributed by atoms with E-state index in [0.717, 1.165) is 25.1 Å². The molecule has 0 bridgehead atoms. The van der Waals surface area contributed by atoms with Crippen LogP contribution in [0.3, 0.4) is 0 Å². The highest BCUT2D eigenvalue weighted by molar-refractivity contribution is 7.07. The van der Waals surface area contributed by atoms with Crippen LogP contribution in [0.2, 0.25) is 0 Å². The van der Waals surface area contributed by atoms with Gasteiger partial charge in [0, 0.05) is 23.0 Å². The molecule has 1 aliphatic heterocycles. The van der Waals surface area contributed by atoms with Crippen molar-refractivity contribution in [2.75, 3.05) is 13.7 Å². The maximum atomic E-state index is 12.5. The van der Waals surface area contributed by atoms with Gasteiger partial charge in [-0.1, -0.05) is 0 Å². The highest BCUT2D eigenvalue weighted by Gasteiger charge is 2.21. The number of methoxy groups -OCH3 is 1. The Bertz CT molecular complexity index is 716. The van der Waals surface area contributed by atoms with Crippen molar-refractivity contribution in [1.29, 1.82) is 0 Å². The summed E-state index contributed by atoms with van der Waals surface area (Å²) in [6.07, 6.45) is 1.89. The third-order valence-electron chi connectivity index (χ3n) is 4.24. The Morgan fingerprint density at radius 2 is 2.19 bits per heavy atom. The number of thiazole rings is 1. The fraction of sp³-hybridized carbons (Fsp3) is 0.444. The monoisotopic (exact) mass is 433 g/mol. The van der Waals surface area contributed by atoms with E-state index in [-0.39, 0.29) is 36.8 Å². The highest BCUT2D eigenvalue weighted by atomic mass is 35.5. The Hall–Kier alpha value is -1.54. The molecule has 1 amide bonds. The smallest absolute Gasteiger partial charge is 0.251 e. The van der Waals surface area contributed by atoms with Crippen molar-refractivity contribution >= 4 is 42.1 Å². The molecular weight excluding hydrogens is 409 g/mol. The number of carbonyl (C=O) groups is 1. The molecule has 2 unspecified atom stereocenters. The van der Waals surface area contributed by atoms with E-state index in [1.165, 1.54) is 11.3 Å². The SMILES string of the molecule is COc1cc(C(=O)NC2CCNC(C)C2)ccc1OCc1cscn1.Cl.Cl. The molecule has 27 heavy (non-hydrogen) atoms. The highest BCUT2D eigenvalue weighted by Crippen LogP contribution is 2.29. The maximum absolute atomic E-state index is 12.5. The van der Waals surface area contributed by atoms with Crippen LogP contribution in [0.5, 0.6) is 11.5 Å². The fourth-order valence-electron chi connectivity index (χ4n) is 2.92. The van der Waals surface area contributed by atoms with Gasteiger partial charge in [0.05, 0.1) is 18.3 Å². The van der Waals surface area contributed by atoms with Crippen molar-refractivity contribution in [3.8, 4) is 11.5 Å². The van der Waals surface area contributed by atoms with Crippen molar-refractivity contribution in [2.45, 2.75) is 38.5 Å². The molecule has 0 aliphatic carbocycles. The lowest BCUT2D eigenvalue weighted by Crippen LogP contribution is -2.46. The Morgan fingerprint density at radius 1 is 1.37 bits per heavy atom. The van der Waals surface area contributed by atoms with E-state index in [2.05, 4.69) is 22.5 Å². The van der Waals surface area contributed by atoms with Gasteiger partial charge in [0.25, 0.3) is 5.91 Å². The summed E-state index contributed by atoms with van der Waals surface area (Å²) in [6.45, 7) is 3.44. The number of piperidine rings is 1. The molecule has 0 radical (unpaired) electrons. The summed E-state index contributed by atoms with van der Waals surface area (Å²) in [6, 6.07) is 5.88. The summed E-state index contributed by atoms with van der Waals surface area (Å²) in [5.74, 6) is 1.06. The number of amides is 1. The summed E-state index contributed by atoms with van der Waals surface area (Å²) in [7, 11) is 1.57. The second kappa shape index (κ2) is 11.3. The van der Waals surface area contributed by atoms with Gasteiger partial charge < -0.3 is 20.1 Å². The van der Waals surface area contributed by atoms with Crippen molar-refractivity contribution in [1.82, 2.24) is 15.6 Å². The molecular formula is C18H25Cl2N3O3S. The molecule has 2 N–H and O–H groups in total. The summed E-state index contributed by atoms with van der Waals surface area (Å²) in [4.78, 5) is 16.7. The zero-order valence-corrected chi connectivity index (χ0v) is 17.7. The minimum absolute atomic E-state index is 0. The van der Waals surface area contributed by atoms with Gasteiger partial charge in [0.1, 0.15) is 6.61 Å². The second-order valence-corrected chi connectivity index (χ2v) is 6.90. The number of nitrogens with zero attached hydrogens (tertiary/aromatic N) is 1. The molecule has 2 aromatic rings. The summed E-state index contributed by atoms with van der Waals surface area (Å²) in [5, 5.41) is 8.43. The molecule has 9 heteroatoms. The van der Waals surface area contributed by atoms with Crippen LogP contribution in [0.1, 0.15) is 35.8 Å². The predicted molar refractivity (Wildman–Crippen MR) is 112 cm³/mol. The average molecular weight is 434 g/mol. The normalized spacial score (nSPS) is 18.6. The molecule has 1 aromatic heterocycles. The first kappa shape index (κ1) is 23.5. The molecule has 0 spiro atoms. The zero-order valence-electron chi connectivity index (χ0n) is 15.3. The van der Waals surface area contributed by atoms with Gasteiger partial charge in [0.15, 0.2) is 11.5 Å². The van der Waals surface area contributed by atoms with Crippen molar-refractivity contribution < 1.29 is 14.3 Å². The number of benzene rings is 1. The molecule has 1 saturated heterocycles. The third-order valence-corrected chi connectivity index (χ3v) is 4.88. The van der Waals surface area contributed by atoms with Gasteiger partial charge in [-0.05, 0) is 44.5 Å². The minimum atomic E-state index is -0.0801. The molecule has 1 aromatic carbocycles. The summed E-state index contributed by atoms with van der Waals surface area (Å²) < 4.78 is 11.1. The number of hydrogen-bond acceptors (Lipinski definition) is 6. The number of carbonyl (C=O) groups excluding carboxylic acids is 1. The molecule has 1 aliphatic rings. The predicted octanol–water partition coefficient (Wildman–Crippen LogP) is 3.44.